The minimum absolute atomic E-state index is 0.466. The van der Waals surface area contributed by atoms with Gasteiger partial charge >= 0.3 is 0 Å². The smallest absolute Gasteiger partial charge is 0.143 e. The topological polar surface area (TPSA) is 66.0 Å². The molecule has 0 radical (unpaired) electrons. The molecule has 0 saturated carbocycles. The van der Waals surface area contributed by atoms with Gasteiger partial charge in [-0.25, -0.2) is 9.97 Å². The van der Waals surface area contributed by atoms with E-state index in [2.05, 4.69) is 20.9 Å². The Hall–Kier alpha value is -2.71. The Kier molecular flexibility index (Phi) is 4.65. The summed E-state index contributed by atoms with van der Waals surface area (Å²) >= 11 is 0. The Morgan fingerprint density at radius 3 is 2.78 bits per heavy atom. The van der Waals surface area contributed by atoms with Gasteiger partial charge in [0.1, 0.15) is 11.6 Å². The van der Waals surface area contributed by atoms with Crippen molar-refractivity contribution in [2.45, 2.75) is 26.4 Å². The summed E-state index contributed by atoms with van der Waals surface area (Å²) in [6.45, 7) is 3.89. The molecular formula is C18H18N4O. The third kappa shape index (κ3) is 3.74. The molecule has 116 valence electrons. The van der Waals surface area contributed by atoms with E-state index in [0.29, 0.717) is 26.1 Å². The predicted octanol–water partition coefficient (Wildman–Crippen LogP) is 3.45. The largest absolute Gasteiger partial charge is 0.468 e. The van der Waals surface area contributed by atoms with Crippen molar-refractivity contribution in [3.8, 4) is 6.07 Å². The van der Waals surface area contributed by atoms with Crippen molar-refractivity contribution >= 4 is 10.9 Å². The van der Waals surface area contributed by atoms with Gasteiger partial charge in [-0.1, -0.05) is 18.2 Å². The molecule has 23 heavy (non-hydrogen) atoms. The van der Waals surface area contributed by atoms with Crippen molar-refractivity contribution in [3.05, 3.63) is 59.9 Å². The molecule has 0 unspecified atom stereocenters. The molecule has 0 bridgehead atoms. The van der Waals surface area contributed by atoms with Crippen molar-refractivity contribution in [1.82, 2.24) is 14.9 Å². The fourth-order valence-corrected chi connectivity index (χ4v) is 2.61. The molecule has 3 rings (SSSR count). The molecule has 0 spiro atoms. The van der Waals surface area contributed by atoms with Gasteiger partial charge in [-0.3, -0.25) is 4.90 Å². The van der Waals surface area contributed by atoms with Crippen molar-refractivity contribution < 1.29 is 4.42 Å². The molecule has 0 fully saturated rings. The lowest BCUT2D eigenvalue weighted by Crippen LogP contribution is -2.25. The minimum Gasteiger partial charge on any atom is -0.468 e. The van der Waals surface area contributed by atoms with Gasteiger partial charge in [-0.2, -0.15) is 5.26 Å². The van der Waals surface area contributed by atoms with Crippen LogP contribution in [0.15, 0.2) is 47.1 Å². The van der Waals surface area contributed by atoms with E-state index in [0.717, 1.165) is 28.2 Å². The van der Waals surface area contributed by atoms with Gasteiger partial charge in [0.2, 0.25) is 0 Å². The zero-order chi connectivity index (χ0) is 16.1. The SMILES string of the molecule is Cc1nc(CN(CCC#N)Cc2ccco2)nc2ccccc12. The van der Waals surface area contributed by atoms with E-state index in [-0.39, 0.29) is 0 Å². The molecule has 2 heterocycles. The summed E-state index contributed by atoms with van der Waals surface area (Å²) in [5.74, 6) is 1.64. The van der Waals surface area contributed by atoms with Gasteiger partial charge in [0.15, 0.2) is 0 Å². The lowest BCUT2D eigenvalue weighted by Gasteiger charge is -2.19. The summed E-state index contributed by atoms with van der Waals surface area (Å²) in [5.41, 5.74) is 1.93. The third-order valence-corrected chi connectivity index (χ3v) is 3.70. The fourth-order valence-electron chi connectivity index (χ4n) is 2.61. The van der Waals surface area contributed by atoms with Crippen molar-refractivity contribution in [2.75, 3.05) is 6.54 Å². The van der Waals surface area contributed by atoms with Crippen LogP contribution in [0.2, 0.25) is 0 Å². The van der Waals surface area contributed by atoms with Gasteiger partial charge in [-0.15, -0.1) is 0 Å². The molecule has 2 aromatic heterocycles. The first-order valence-electron chi connectivity index (χ1n) is 7.60. The van der Waals surface area contributed by atoms with E-state index in [1.807, 2.05) is 43.3 Å². The Balaban J connectivity index is 1.82. The van der Waals surface area contributed by atoms with Crippen LogP contribution in [-0.2, 0) is 13.1 Å². The number of furan rings is 1. The van der Waals surface area contributed by atoms with E-state index < -0.39 is 0 Å². The molecular weight excluding hydrogens is 288 g/mol. The van der Waals surface area contributed by atoms with Crippen LogP contribution in [0.4, 0.5) is 0 Å². The Morgan fingerprint density at radius 2 is 2.00 bits per heavy atom. The second kappa shape index (κ2) is 7.03. The summed E-state index contributed by atoms with van der Waals surface area (Å²) in [7, 11) is 0. The molecule has 0 amide bonds. The molecule has 5 heteroatoms. The molecule has 0 aliphatic rings. The number of nitriles is 1. The van der Waals surface area contributed by atoms with Crippen molar-refractivity contribution in [2.24, 2.45) is 0 Å². The second-order valence-corrected chi connectivity index (χ2v) is 5.44. The maximum absolute atomic E-state index is 8.86. The molecule has 5 nitrogen and oxygen atoms in total. The van der Waals surface area contributed by atoms with Gasteiger partial charge in [0.25, 0.3) is 0 Å². The third-order valence-electron chi connectivity index (χ3n) is 3.70. The predicted molar refractivity (Wildman–Crippen MR) is 87.3 cm³/mol. The molecule has 0 aliphatic carbocycles. The molecule has 3 aromatic rings. The number of fused-ring (bicyclic) bond motifs is 1. The van der Waals surface area contributed by atoms with E-state index in [1.165, 1.54) is 0 Å². The molecule has 0 atom stereocenters. The Morgan fingerprint density at radius 1 is 1.13 bits per heavy atom. The average molecular weight is 306 g/mol. The van der Waals surface area contributed by atoms with E-state index in [4.69, 9.17) is 9.68 Å². The monoisotopic (exact) mass is 306 g/mol. The quantitative estimate of drug-likeness (QED) is 0.698. The van der Waals surface area contributed by atoms with Crippen LogP contribution in [0, 0.1) is 18.3 Å². The van der Waals surface area contributed by atoms with E-state index in [9.17, 15) is 0 Å². The number of para-hydroxylation sites is 1. The summed E-state index contributed by atoms with van der Waals surface area (Å²) < 4.78 is 5.41. The van der Waals surface area contributed by atoms with Crippen LogP contribution in [0.5, 0.6) is 0 Å². The van der Waals surface area contributed by atoms with Crippen LogP contribution in [-0.4, -0.2) is 21.4 Å². The van der Waals surface area contributed by atoms with Crippen LogP contribution < -0.4 is 0 Å². The van der Waals surface area contributed by atoms with E-state index >= 15 is 0 Å². The van der Waals surface area contributed by atoms with Gasteiger partial charge in [0.05, 0.1) is 30.9 Å². The fraction of sp³-hybridized carbons (Fsp3) is 0.278. The first kappa shape index (κ1) is 15.2. The molecule has 0 aliphatic heterocycles. The Labute approximate surface area is 135 Å². The van der Waals surface area contributed by atoms with Gasteiger partial charge in [0, 0.05) is 24.0 Å². The van der Waals surface area contributed by atoms with Crippen LogP contribution in [0.25, 0.3) is 10.9 Å². The zero-order valence-corrected chi connectivity index (χ0v) is 13.1. The normalized spacial score (nSPS) is 11.0. The summed E-state index contributed by atoms with van der Waals surface area (Å²) in [6.07, 6.45) is 2.13. The second-order valence-electron chi connectivity index (χ2n) is 5.44. The minimum atomic E-state index is 0.466. The lowest BCUT2D eigenvalue weighted by atomic mass is 10.2. The first-order chi connectivity index (χ1) is 11.3. The highest BCUT2D eigenvalue weighted by Crippen LogP contribution is 2.16. The molecule has 1 aromatic carbocycles. The molecule has 0 N–H and O–H groups in total. The highest BCUT2D eigenvalue weighted by atomic mass is 16.3. The number of aromatic nitrogens is 2. The van der Waals surface area contributed by atoms with Crippen LogP contribution in [0.1, 0.15) is 23.7 Å². The number of hydrogen-bond donors (Lipinski definition) is 0. The highest BCUT2D eigenvalue weighted by Gasteiger charge is 2.12. The highest BCUT2D eigenvalue weighted by molar-refractivity contribution is 5.80. The zero-order valence-electron chi connectivity index (χ0n) is 13.1. The average Bonchev–Trinajstić information content (AvgIpc) is 3.06. The maximum atomic E-state index is 8.86. The van der Waals surface area contributed by atoms with Crippen LogP contribution in [0.3, 0.4) is 0 Å². The number of rotatable bonds is 6. The van der Waals surface area contributed by atoms with E-state index in [1.54, 1.807) is 6.26 Å². The summed E-state index contributed by atoms with van der Waals surface area (Å²) in [4.78, 5) is 11.4. The maximum Gasteiger partial charge on any atom is 0.143 e. The number of nitrogens with zero attached hydrogens (tertiary/aromatic N) is 4. The van der Waals surface area contributed by atoms with Crippen LogP contribution >= 0.6 is 0 Å². The molecule has 0 saturated heterocycles. The standard InChI is InChI=1S/C18H18N4O/c1-14-16-7-2-3-8-17(16)21-18(20-14)13-22(10-5-9-19)12-15-6-4-11-23-15/h2-4,6-8,11H,5,10,12-13H2,1H3. The van der Waals surface area contributed by atoms with Crippen molar-refractivity contribution in [3.63, 3.8) is 0 Å². The Bertz CT molecular complexity index is 821. The number of aryl methyl sites for hydroxylation is 1. The number of hydrogen-bond acceptors (Lipinski definition) is 5. The first-order valence-corrected chi connectivity index (χ1v) is 7.60. The van der Waals surface area contributed by atoms with Gasteiger partial charge in [-0.05, 0) is 25.1 Å². The van der Waals surface area contributed by atoms with Crippen molar-refractivity contribution in [1.29, 1.82) is 5.26 Å². The summed E-state index contributed by atoms with van der Waals surface area (Å²) in [5, 5.41) is 9.94. The number of benzene rings is 1. The van der Waals surface area contributed by atoms with Gasteiger partial charge < -0.3 is 4.42 Å². The lowest BCUT2D eigenvalue weighted by molar-refractivity contribution is 0.235. The summed E-state index contributed by atoms with van der Waals surface area (Å²) in [6, 6.07) is 14.0.